The number of ether oxygens (including phenoxy) is 2. The molecule has 0 aliphatic carbocycles. The molecule has 2 aromatic rings. The molecule has 2 saturated heterocycles. The maximum Gasteiger partial charge on any atom is 0.250 e. The van der Waals surface area contributed by atoms with Gasteiger partial charge in [-0.05, 0) is 24.3 Å². The van der Waals surface area contributed by atoms with E-state index >= 15 is 0 Å². The molecule has 0 spiro atoms. The molecular formula is C17H19FN2O3. The van der Waals surface area contributed by atoms with Crippen molar-refractivity contribution >= 4 is 0 Å². The monoisotopic (exact) mass is 318 g/mol. The van der Waals surface area contributed by atoms with E-state index in [9.17, 15) is 4.39 Å². The molecule has 2 fully saturated rings. The smallest absolute Gasteiger partial charge is 0.250 e. The fourth-order valence-corrected chi connectivity index (χ4v) is 3.58. The molecule has 2 aromatic heterocycles. The van der Waals surface area contributed by atoms with Crippen molar-refractivity contribution in [2.45, 2.75) is 6.54 Å². The van der Waals surface area contributed by atoms with Gasteiger partial charge in [-0.2, -0.15) is 0 Å². The van der Waals surface area contributed by atoms with E-state index in [1.54, 1.807) is 12.3 Å². The predicted octanol–water partition coefficient (Wildman–Crippen LogP) is 2.34. The Bertz CT molecular complexity index is 664. The van der Waals surface area contributed by atoms with Crippen molar-refractivity contribution in [1.29, 1.82) is 0 Å². The molecule has 0 unspecified atom stereocenters. The lowest BCUT2D eigenvalue weighted by Crippen LogP contribution is -2.37. The van der Waals surface area contributed by atoms with E-state index < -0.39 is 5.82 Å². The van der Waals surface area contributed by atoms with Crippen LogP contribution in [0.25, 0.3) is 0 Å². The third-order valence-corrected chi connectivity index (χ3v) is 4.77. The molecule has 2 atom stereocenters. The van der Waals surface area contributed by atoms with Crippen LogP contribution < -0.4 is 4.74 Å². The molecule has 0 saturated carbocycles. The summed E-state index contributed by atoms with van der Waals surface area (Å²) in [7, 11) is 0. The minimum absolute atomic E-state index is 0.0667. The first kappa shape index (κ1) is 14.7. The molecule has 4 rings (SSSR count). The first-order valence-electron chi connectivity index (χ1n) is 7.81. The summed E-state index contributed by atoms with van der Waals surface area (Å²) in [6, 6.07) is 6.80. The highest BCUT2D eigenvalue weighted by atomic mass is 19.1. The quantitative estimate of drug-likeness (QED) is 0.847. The summed E-state index contributed by atoms with van der Waals surface area (Å²) < 4.78 is 30.5. The van der Waals surface area contributed by atoms with E-state index in [1.165, 1.54) is 12.3 Å². The summed E-state index contributed by atoms with van der Waals surface area (Å²) in [5, 5.41) is 0. The zero-order valence-electron chi connectivity index (χ0n) is 12.8. The van der Waals surface area contributed by atoms with Gasteiger partial charge in [0.25, 0.3) is 0 Å². The number of fused-ring (bicyclic) bond motifs is 1. The van der Waals surface area contributed by atoms with Gasteiger partial charge in [0.1, 0.15) is 5.76 Å². The molecular weight excluding hydrogens is 299 g/mol. The third-order valence-electron chi connectivity index (χ3n) is 4.77. The van der Waals surface area contributed by atoms with E-state index in [1.807, 2.05) is 12.1 Å². The summed E-state index contributed by atoms with van der Waals surface area (Å²) >= 11 is 0. The minimum Gasteiger partial charge on any atom is -0.475 e. The maximum atomic E-state index is 13.7. The number of aromatic nitrogens is 1. The Morgan fingerprint density at radius 1 is 1.39 bits per heavy atom. The molecule has 0 N–H and O–H groups in total. The SMILES string of the molecule is Fc1cccnc1OC[C@]12COC[C@H]1CN(Cc1ccco1)C2. The highest BCUT2D eigenvalue weighted by Gasteiger charge is 2.51. The van der Waals surface area contributed by atoms with E-state index in [-0.39, 0.29) is 11.3 Å². The minimum atomic E-state index is -0.426. The van der Waals surface area contributed by atoms with Crippen LogP contribution in [0.15, 0.2) is 41.1 Å². The molecule has 6 heteroatoms. The van der Waals surface area contributed by atoms with Crippen LogP contribution >= 0.6 is 0 Å². The number of rotatable bonds is 5. The Balaban J connectivity index is 1.44. The van der Waals surface area contributed by atoms with E-state index in [4.69, 9.17) is 13.9 Å². The maximum absolute atomic E-state index is 13.7. The number of furan rings is 1. The van der Waals surface area contributed by atoms with Crippen LogP contribution in [-0.2, 0) is 11.3 Å². The number of likely N-dealkylation sites (tertiary alicyclic amines) is 1. The molecule has 2 aliphatic rings. The standard InChI is InChI=1S/C17H19FN2O3/c18-15-4-1-5-19-16(15)23-12-17-10-20(7-13(17)9-21-11-17)8-14-3-2-6-22-14/h1-6,13H,7-12H2/t13-,17+/m1/s1. The van der Waals surface area contributed by atoms with Crippen molar-refractivity contribution in [2.24, 2.45) is 11.3 Å². The normalized spacial score (nSPS) is 27.3. The fraction of sp³-hybridized carbons (Fsp3) is 0.471. The number of nitrogens with zero attached hydrogens (tertiary/aromatic N) is 2. The van der Waals surface area contributed by atoms with Gasteiger partial charge in [-0.3, -0.25) is 4.90 Å². The van der Waals surface area contributed by atoms with Gasteiger partial charge in [0.05, 0.1) is 32.6 Å². The first-order chi connectivity index (χ1) is 11.3. The fourth-order valence-electron chi connectivity index (χ4n) is 3.58. The molecule has 2 aliphatic heterocycles. The van der Waals surface area contributed by atoms with Crippen molar-refractivity contribution in [2.75, 3.05) is 32.9 Å². The highest BCUT2D eigenvalue weighted by molar-refractivity contribution is 5.13. The van der Waals surface area contributed by atoms with Gasteiger partial charge in [-0.1, -0.05) is 0 Å². The van der Waals surface area contributed by atoms with Crippen molar-refractivity contribution in [1.82, 2.24) is 9.88 Å². The Labute approximate surface area is 134 Å². The molecule has 0 amide bonds. The Morgan fingerprint density at radius 2 is 2.35 bits per heavy atom. The van der Waals surface area contributed by atoms with Crippen LogP contribution in [0.4, 0.5) is 4.39 Å². The molecule has 4 heterocycles. The summed E-state index contributed by atoms with van der Waals surface area (Å²) in [6.45, 7) is 4.36. The largest absolute Gasteiger partial charge is 0.475 e. The van der Waals surface area contributed by atoms with Crippen molar-refractivity contribution in [3.05, 3.63) is 48.3 Å². The second kappa shape index (κ2) is 5.94. The van der Waals surface area contributed by atoms with Crippen molar-refractivity contribution in [3.8, 4) is 5.88 Å². The Hall–Kier alpha value is -1.92. The molecule has 0 radical (unpaired) electrons. The van der Waals surface area contributed by atoms with Gasteiger partial charge in [0, 0.05) is 30.6 Å². The Morgan fingerprint density at radius 3 is 3.17 bits per heavy atom. The van der Waals surface area contributed by atoms with E-state index in [0.717, 1.165) is 32.0 Å². The highest BCUT2D eigenvalue weighted by Crippen LogP contribution is 2.42. The van der Waals surface area contributed by atoms with Gasteiger partial charge >= 0.3 is 0 Å². The number of hydrogen-bond donors (Lipinski definition) is 0. The average molecular weight is 318 g/mol. The molecule has 0 aromatic carbocycles. The second-order valence-electron chi connectivity index (χ2n) is 6.40. The van der Waals surface area contributed by atoms with Gasteiger partial charge in [0.2, 0.25) is 5.88 Å². The van der Waals surface area contributed by atoms with E-state index in [2.05, 4.69) is 9.88 Å². The zero-order valence-corrected chi connectivity index (χ0v) is 12.8. The molecule has 5 nitrogen and oxygen atoms in total. The molecule has 23 heavy (non-hydrogen) atoms. The lowest BCUT2D eigenvalue weighted by atomic mass is 9.82. The van der Waals surface area contributed by atoms with Gasteiger partial charge in [0.15, 0.2) is 5.82 Å². The van der Waals surface area contributed by atoms with Crippen LogP contribution in [0.5, 0.6) is 5.88 Å². The predicted molar refractivity (Wildman–Crippen MR) is 80.4 cm³/mol. The van der Waals surface area contributed by atoms with Gasteiger partial charge in [-0.15, -0.1) is 0 Å². The lowest BCUT2D eigenvalue weighted by molar-refractivity contribution is 0.0850. The van der Waals surface area contributed by atoms with Crippen molar-refractivity contribution < 1.29 is 18.3 Å². The second-order valence-corrected chi connectivity index (χ2v) is 6.40. The zero-order chi connectivity index (χ0) is 15.7. The van der Waals surface area contributed by atoms with Gasteiger partial charge in [-0.25, -0.2) is 9.37 Å². The summed E-state index contributed by atoms with van der Waals surface area (Å²) in [5.41, 5.74) is -0.101. The summed E-state index contributed by atoms with van der Waals surface area (Å²) in [5.74, 6) is 0.990. The third kappa shape index (κ3) is 2.84. The topological polar surface area (TPSA) is 47.7 Å². The number of hydrogen-bond acceptors (Lipinski definition) is 5. The first-order valence-corrected chi connectivity index (χ1v) is 7.81. The van der Waals surface area contributed by atoms with Crippen LogP contribution in [0.3, 0.4) is 0 Å². The van der Waals surface area contributed by atoms with Crippen LogP contribution in [0, 0.1) is 17.2 Å². The number of halogens is 1. The van der Waals surface area contributed by atoms with Crippen LogP contribution in [0.1, 0.15) is 5.76 Å². The molecule has 122 valence electrons. The number of pyridine rings is 1. The van der Waals surface area contributed by atoms with Crippen molar-refractivity contribution in [3.63, 3.8) is 0 Å². The van der Waals surface area contributed by atoms with E-state index in [0.29, 0.717) is 19.1 Å². The summed E-state index contributed by atoms with van der Waals surface area (Å²) in [4.78, 5) is 6.31. The van der Waals surface area contributed by atoms with Crippen LogP contribution in [-0.4, -0.2) is 42.8 Å². The van der Waals surface area contributed by atoms with Gasteiger partial charge < -0.3 is 13.9 Å². The van der Waals surface area contributed by atoms with Crippen LogP contribution in [0.2, 0.25) is 0 Å². The summed E-state index contributed by atoms with van der Waals surface area (Å²) in [6.07, 6.45) is 3.23. The Kier molecular flexibility index (Phi) is 3.79. The molecule has 0 bridgehead atoms. The lowest BCUT2D eigenvalue weighted by Gasteiger charge is -2.26. The average Bonchev–Trinajstić information content (AvgIpc) is 3.23.